The van der Waals surface area contributed by atoms with Crippen LogP contribution in [0.5, 0.6) is 11.5 Å². The number of anilines is 1. The van der Waals surface area contributed by atoms with Crippen molar-refractivity contribution in [3.63, 3.8) is 0 Å². The minimum Gasteiger partial charge on any atom is -0.497 e. The molecular formula is C23H30N2O3. The molecule has 1 aliphatic heterocycles. The highest BCUT2D eigenvalue weighted by molar-refractivity contribution is 5.76. The van der Waals surface area contributed by atoms with Crippen LogP contribution in [0.1, 0.15) is 24.8 Å². The average molecular weight is 383 g/mol. The zero-order chi connectivity index (χ0) is 19.8. The van der Waals surface area contributed by atoms with Crippen molar-refractivity contribution in [2.45, 2.75) is 26.2 Å². The Labute approximate surface area is 167 Å². The van der Waals surface area contributed by atoms with E-state index in [-0.39, 0.29) is 5.91 Å². The van der Waals surface area contributed by atoms with E-state index in [1.165, 1.54) is 11.3 Å². The highest BCUT2D eigenvalue weighted by atomic mass is 16.5. The minimum atomic E-state index is 0.226. The lowest BCUT2D eigenvalue weighted by Gasteiger charge is -2.24. The molecule has 0 spiro atoms. The van der Waals surface area contributed by atoms with Crippen molar-refractivity contribution in [3.05, 3.63) is 54.1 Å². The van der Waals surface area contributed by atoms with Gasteiger partial charge in [-0.25, -0.2) is 0 Å². The summed E-state index contributed by atoms with van der Waals surface area (Å²) in [6.45, 7) is 6.03. The van der Waals surface area contributed by atoms with Gasteiger partial charge in [0, 0.05) is 38.3 Å². The molecule has 28 heavy (non-hydrogen) atoms. The number of hydrogen-bond donors (Lipinski definition) is 0. The highest BCUT2D eigenvalue weighted by Crippen LogP contribution is 2.21. The van der Waals surface area contributed by atoms with Gasteiger partial charge >= 0.3 is 0 Å². The standard InChI is InChI=1S/C23H30N2O3/c1-19-6-3-7-22(18-19)28-17-4-8-23(26)25-14-5-13-24(15-16-25)20-9-11-21(27-2)12-10-20/h3,6-7,9-12,18H,4-5,8,13-17H2,1-2H3. The van der Waals surface area contributed by atoms with Crippen molar-refractivity contribution in [3.8, 4) is 11.5 Å². The number of hydrogen-bond acceptors (Lipinski definition) is 4. The van der Waals surface area contributed by atoms with E-state index in [4.69, 9.17) is 9.47 Å². The van der Waals surface area contributed by atoms with Crippen LogP contribution in [0.4, 0.5) is 5.69 Å². The molecule has 0 saturated carbocycles. The van der Waals surface area contributed by atoms with Gasteiger partial charge in [0.1, 0.15) is 11.5 Å². The molecule has 1 amide bonds. The molecule has 0 aromatic heterocycles. The second-order valence-electron chi connectivity index (χ2n) is 7.19. The van der Waals surface area contributed by atoms with Gasteiger partial charge in [-0.05, 0) is 61.7 Å². The maximum absolute atomic E-state index is 12.6. The SMILES string of the molecule is COc1ccc(N2CCCN(C(=O)CCCOc3cccc(C)c3)CC2)cc1. The van der Waals surface area contributed by atoms with Crippen LogP contribution in [0.25, 0.3) is 0 Å². The number of methoxy groups -OCH3 is 1. The maximum atomic E-state index is 12.6. The van der Waals surface area contributed by atoms with Crippen LogP contribution in [0.3, 0.4) is 0 Å². The van der Waals surface area contributed by atoms with E-state index in [0.717, 1.165) is 50.5 Å². The fraction of sp³-hybridized carbons (Fsp3) is 0.435. The first-order valence-electron chi connectivity index (χ1n) is 10.0. The molecule has 150 valence electrons. The molecule has 0 bridgehead atoms. The Kier molecular flexibility index (Phi) is 7.18. The number of rotatable bonds is 7. The molecule has 0 atom stereocenters. The third-order valence-corrected chi connectivity index (χ3v) is 5.08. The summed E-state index contributed by atoms with van der Waals surface area (Å²) in [4.78, 5) is 16.9. The summed E-state index contributed by atoms with van der Waals surface area (Å²) in [5.41, 5.74) is 2.36. The molecule has 0 radical (unpaired) electrons. The number of ether oxygens (including phenoxy) is 2. The van der Waals surface area contributed by atoms with Crippen LogP contribution in [-0.2, 0) is 4.79 Å². The van der Waals surface area contributed by atoms with Gasteiger partial charge in [0.15, 0.2) is 0 Å². The Hall–Kier alpha value is -2.69. The van der Waals surface area contributed by atoms with Gasteiger partial charge in [0.2, 0.25) is 5.91 Å². The molecule has 0 aliphatic carbocycles. The summed E-state index contributed by atoms with van der Waals surface area (Å²) in [7, 11) is 1.68. The summed E-state index contributed by atoms with van der Waals surface area (Å²) in [6.07, 6.45) is 2.26. The molecular weight excluding hydrogens is 352 g/mol. The molecule has 0 unspecified atom stereocenters. The van der Waals surface area contributed by atoms with Crippen molar-refractivity contribution >= 4 is 11.6 Å². The fourth-order valence-electron chi connectivity index (χ4n) is 3.49. The van der Waals surface area contributed by atoms with Crippen molar-refractivity contribution in [2.24, 2.45) is 0 Å². The Morgan fingerprint density at radius 1 is 1.00 bits per heavy atom. The summed E-state index contributed by atoms with van der Waals surface area (Å²) in [6, 6.07) is 16.1. The number of benzene rings is 2. The highest BCUT2D eigenvalue weighted by Gasteiger charge is 2.19. The monoisotopic (exact) mass is 382 g/mol. The van der Waals surface area contributed by atoms with Crippen LogP contribution >= 0.6 is 0 Å². The quantitative estimate of drug-likeness (QED) is 0.681. The van der Waals surface area contributed by atoms with Crippen molar-refractivity contribution in [1.29, 1.82) is 0 Å². The molecule has 5 nitrogen and oxygen atoms in total. The largest absolute Gasteiger partial charge is 0.497 e. The smallest absolute Gasteiger partial charge is 0.222 e. The normalized spacial score (nSPS) is 14.5. The third kappa shape index (κ3) is 5.65. The molecule has 2 aromatic carbocycles. The van der Waals surface area contributed by atoms with E-state index >= 15 is 0 Å². The van der Waals surface area contributed by atoms with Gasteiger partial charge in [0.25, 0.3) is 0 Å². The predicted octanol–water partition coefficient (Wildman–Crippen LogP) is 3.90. The Balaban J connectivity index is 1.42. The van der Waals surface area contributed by atoms with E-state index in [1.807, 2.05) is 48.2 Å². The molecule has 3 rings (SSSR count). The predicted molar refractivity (Wildman–Crippen MR) is 112 cm³/mol. The average Bonchev–Trinajstić information content (AvgIpc) is 2.97. The summed E-state index contributed by atoms with van der Waals surface area (Å²) in [5, 5.41) is 0. The number of aryl methyl sites for hydroxylation is 1. The number of amides is 1. The van der Waals surface area contributed by atoms with Gasteiger partial charge < -0.3 is 19.3 Å². The number of carbonyl (C=O) groups excluding carboxylic acids is 1. The first kappa shape index (κ1) is 20.1. The Morgan fingerprint density at radius 3 is 2.57 bits per heavy atom. The van der Waals surface area contributed by atoms with Gasteiger partial charge in [0.05, 0.1) is 13.7 Å². The maximum Gasteiger partial charge on any atom is 0.222 e. The second-order valence-corrected chi connectivity index (χ2v) is 7.19. The molecule has 1 heterocycles. The van der Waals surface area contributed by atoms with E-state index in [0.29, 0.717) is 13.0 Å². The molecule has 2 aromatic rings. The summed E-state index contributed by atoms with van der Waals surface area (Å²) < 4.78 is 11.0. The number of carbonyl (C=O) groups is 1. The molecule has 5 heteroatoms. The van der Waals surface area contributed by atoms with Gasteiger partial charge in [-0.1, -0.05) is 12.1 Å². The van der Waals surface area contributed by atoms with E-state index in [9.17, 15) is 4.79 Å². The second kappa shape index (κ2) is 10.0. The lowest BCUT2D eigenvalue weighted by atomic mass is 10.2. The molecule has 0 N–H and O–H groups in total. The molecule has 1 saturated heterocycles. The third-order valence-electron chi connectivity index (χ3n) is 5.08. The first-order chi connectivity index (χ1) is 13.7. The minimum absolute atomic E-state index is 0.226. The summed E-state index contributed by atoms with van der Waals surface area (Å²) >= 11 is 0. The van der Waals surface area contributed by atoms with Crippen molar-refractivity contribution < 1.29 is 14.3 Å². The van der Waals surface area contributed by atoms with E-state index in [1.54, 1.807) is 7.11 Å². The molecule has 1 fully saturated rings. The van der Waals surface area contributed by atoms with Crippen molar-refractivity contribution in [1.82, 2.24) is 4.90 Å². The topological polar surface area (TPSA) is 42.0 Å². The van der Waals surface area contributed by atoms with Gasteiger partial charge in [-0.15, -0.1) is 0 Å². The van der Waals surface area contributed by atoms with Crippen molar-refractivity contribution in [2.75, 3.05) is 44.8 Å². The van der Waals surface area contributed by atoms with Crippen LogP contribution in [0, 0.1) is 6.92 Å². The lowest BCUT2D eigenvalue weighted by molar-refractivity contribution is -0.131. The van der Waals surface area contributed by atoms with E-state index < -0.39 is 0 Å². The molecule has 1 aliphatic rings. The van der Waals surface area contributed by atoms with E-state index in [2.05, 4.69) is 17.0 Å². The van der Waals surface area contributed by atoms with Gasteiger partial charge in [-0.3, -0.25) is 4.79 Å². The fourth-order valence-corrected chi connectivity index (χ4v) is 3.49. The van der Waals surface area contributed by atoms with Crippen LogP contribution in [0.15, 0.2) is 48.5 Å². The van der Waals surface area contributed by atoms with Crippen LogP contribution < -0.4 is 14.4 Å². The Bertz CT molecular complexity index is 761. The van der Waals surface area contributed by atoms with Gasteiger partial charge in [-0.2, -0.15) is 0 Å². The number of nitrogens with zero attached hydrogens (tertiary/aromatic N) is 2. The zero-order valence-electron chi connectivity index (χ0n) is 16.9. The van der Waals surface area contributed by atoms with Crippen LogP contribution in [-0.4, -0.2) is 50.7 Å². The Morgan fingerprint density at radius 2 is 1.82 bits per heavy atom. The first-order valence-corrected chi connectivity index (χ1v) is 10.0. The summed E-state index contributed by atoms with van der Waals surface area (Å²) in [5.74, 6) is 1.96. The zero-order valence-corrected chi connectivity index (χ0v) is 16.9. The van der Waals surface area contributed by atoms with Crippen LogP contribution in [0.2, 0.25) is 0 Å². The lowest BCUT2D eigenvalue weighted by Crippen LogP contribution is -2.35.